The fourth-order valence-electron chi connectivity index (χ4n) is 2.26. The third kappa shape index (κ3) is 3.10. The zero-order chi connectivity index (χ0) is 13.1. The second-order valence-electron chi connectivity index (χ2n) is 4.68. The van der Waals surface area contributed by atoms with Crippen molar-refractivity contribution in [3.05, 3.63) is 35.4 Å². The van der Waals surface area contributed by atoms with Gasteiger partial charge >= 0.3 is 0 Å². The highest BCUT2D eigenvalue weighted by atomic mass is 32.2. The average Bonchev–Trinajstić information content (AvgIpc) is 2.84. The number of carbonyl (C=O) groups is 1. The van der Waals surface area contributed by atoms with E-state index in [2.05, 4.69) is 0 Å². The van der Waals surface area contributed by atoms with Crippen LogP contribution in [0, 0.1) is 11.6 Å². The highest BCUT2D eigenvalue weighted by molar-refractivity contribution is 8.01. The minimum Gasteiger partial charge on any atom is -0.293 e. The van der Waals surface area contributed by atoms with Crippen molar-refractivity contribution >= 4 is 17.5 Å². The highest BCUT2D eigenvalue weighted by Crippen LogP contribution is 2.33. The first-order valence-electron chi connectivity index (χ1n) is 6.22. The maximum absolute atomic E-state index is 13.1. The van der Waals surface area contributed by atoms with Crippen molar-refractivity contribution < 1.29 is 13.6 Å². The Bertz CT molecular complexity index is 441. The third-order valence-corrected chi connectivity index (χ3v) is 4.75. The molecule has 2 rings (SSSR count). The summed E-state index contributed by atoms with van der Waals surface area (Å²) in [5.74, 6) is -1.99. The SMILES string of the molecule is CC(SC1CCCC1)C(=O)c1ccc(F)c(F)c1. The summed E-state index contributed by atoms with van der Waals surface area (Å²) in [5.41, 5.74) is 0.256. The van der Waals surface area contributed by atoms with Crippen LogP contribution in [0.5, 0.6) is 0 Å². The van der Waals surface area contributed by atoms with Crippen LogP contribution in [-0.2, 0) is 0 Å². The van der Waals surface area contributed by atoms with E-state index < -0.39 is 11.6 Å². The van der Waals surface area contributed by atoms with E-state index >= 15 is 0 Å². The van der Waals surface area contributed by atoms with Gasteiger partial charge in [0.25, 0.3) is 0 Å². The molecule has 0 amide bonds. The Morgan fingerprint density at radius 3 is 2.56 bits per heavy atom. The molecular weight excluding hydrogens is 254 g/mol. The summed E-state index contributed by atoms with van der Waals surface area (Å²) in [5, 5.41) is 0.340. The minimum absolute atomic E-state index is 0.120. The molecular formula is C14H16F2OS. The molecule has 0 N–H and O–H groups in total. The molecule has 0 saturated heterocycles. The van der Waals surface area contributed by atoms with Gasteiger partial charge in [-0.25, -0.2) is 8.78 Å². The molecule has 1 aliphatic carbocycles. The number of benzene rings is 1. The number of ketones is 1. The lowest BCUT2D eigenvalue weighted by atomic mass is 10.1. The molecule has 1 aliphatic rings. The molecule has 1 aromatic rings. The Morgan fingerprint density at radius 2 is 1.94 bits per heavy atom. The van der Waals surface area contributed by atoms with Gasteiger partial charge in [0.15, 0.2) is 17.4 Å². The van der Waals surface area contributed by atoms with Crippen molar-refractivity contribution in [2.24, 2.45) is 0 Å². The molecule has 1 aromatic carbocycles. The van der Waals surface area contributed by atoms with Gasteiger partial charge in [0.1, 0.15) is 0 Å². The predicted octanol–water partition coefficient (Wildman–Crippen LogP) is 4.21. The summed E-state index contributed by atoms with van der Waals surface area (Å²) in [4.78, 5) is 12.1. The molecule has 0 aromatic heterocycles. The van der Waals surface area contributed by atoms with Gasteiger partial charge in [0.2, 0.25) is 0 Å². The van der Waals surface area contributed by atoms with Gasteiger partial charge < -0.3 is 0 Å². The largest absolute Gasteiger partial charge is 0.293 e. The zero-order valence-electron chi connectivity index (χ0n) is 10.3. The summed E-state index contributed by atoms with van der Waals surface area (Å²) in [6, 6.07) is 3.35. The summed E-state index contributed by atoms with van der Waals surface area (Å²) in [6.45, 7) is 1.84. The molecule has 1 atom stereocenters. The molecule has 0 radical (unpaired) electrons. The number of rotatable bonds is 4. The second-order valence-corrected chi connectivity index (χ2v) is 6.32. The molecule has 1 saturated carbocycles. The van der Waals surface area contributed by atoms with E-state index in [9.17, 15) is 13.6 Å². The van der Waals surface area contributed by atoms with Gasteiger partial charge in [0.05, 0.1) is 5.25 Å². The van der Waals surface area contributed by atoms with Gasteiger partial charge in [-0.3, -0.25) is 4.79 Å². The van der Waals surface area contributed by atoms with Gasteiger partial charge in [-0.15, -0.1) is 11.8 Å². The van der Waals surface area contributed by atoms with Gasteiger partial charge in [-0.05, 0) is 38.0 Å². The van der Waals surface area contributed by atoms with E-state index in [0.717, 1.165) is 25.0 Å². The Balaban J connectivity index is 2.02. The highest BCUT2D eigenvalue weighted by Gasteiger charge is 2.23. The Kier molecular flexibility index (Phi) is 4.38. The van der Waals surface area contributed by atoms with Crippen LogP contribution in [0.3, 0.4) is 0 Å². The molecule has 0 spiro atoms. The summed E-state index contributed by atoms with van der Waals surface area (Å²) >= 11 is 1.65. The van der Waals surface area contributed by atoms with E-state index in [1.807, 2.05) is 6.92 Å². The van der Waals surface area contributed by atoms with Crippen LogP contribution < -0.4 is 0 Å². The lowest BCUT2D eigenvalue weighted by Gasteiger charge is -2.15. The Morgan fingerprint density at radius 1 is 1.28 bits per heavy atom. The van der Waals surface area contributed by atoms with Crippen molar-refractivity contribution in [1.29, 1.82) is 0 Å². The van der Waals surface area contributed by atoms with Crippen molar-refractivity contribution in [3.63, 3.8) is 0 Å². The van der Waals surface area contributed by atoms with Crippen molar-refractivity contribution in [2.75, 3.05) is 0 Å². The van der Waals surface area contributed by atoms with Crippen LogP contribution in [0.4, 0.5) is 8.78 Å². The van der Waals surface area contributed by atoms with E-state index in [1.165, 1.54) is 18.9 Å². The molecule has 18 heavy (non-hydrogen) atoms. The normalized spacial score (nSPS) is 17.9. The second kappa shape index (κ2) is 5.83. The van der Waals surface area contributed by atoms with Crippen LogP contribution >= 0.6 is 11.8 Å². The fourth-order valence-corrected chi connectivity index (χ4v) is 3.70. The first-order chi connectivity index (χ1) is 8.58. The van der Waals surface area contributed by atoms with Crippen LogP contribution in [-0.4, -0.2) is 16.3 Å². The molecule has 1 fully saturated rings. The standard InChI is InChI=1S/C14H16F2OS/c1-9(18-11-4-2-3-5-11)14(17)10-6-7-12(15)13(16)8-10/h6-9,11H,2-5H2,1H3. The maximum Gasteiger partial charge on any atom is 0.175 e. The van der Waals surface area contributed by atoms with Crippen LogP contribution in [0.2, 0.25) is 0 Å². The predicted molar refractivity (Wildman–Crippen MR) is 70.0 cm³/mol. The number of thioether (sulfide) groups is 1. The average molecular weight is 270 g/mol. The van der Waals surface area contributed by atoms with Crippen LogP contribution in [0.1, 0.15) is 43.0 Å². The Labute approximate surface area is 110 Å². The van der Waals surface area contributed by atoms with Crippen molar-refractivity contribution in [1.82, 2.24) is 0 Å². The number of carbonyl (C=O) groups excluding carboxylic acids is 1. The number of halogens is 2. The summed E-state index contributed by atoms with van der Waals surface area (Å²) in [6.07, 6.45) is 4.76. The third-order valence-electron chi connectivity index (χ3n) is 3.27. The van der Waals surface area contributed by atoms with E-state index in [1.54, 1.807) is 11.8 Å². The number of Topliss-reactive ketones (excluding diaryl/α,β-unsaturated/α-hetero) is 1. The van der Waals surface area contributed by atoms with Crippen LogP contribution in [0.15, 0.2) is 18.2 Å². The quantitative estimate of drug-likeness (QED) is 0.762. The smallest absolute Gasteiger partial charge is 0.175 e. The lowest BCUT2D eigenvalue weighted by molar-refractivity contribution is 0.0993. The topological polar surface area (TPSA) is 17.1 Å². The van der Waals surface area contributed by atoms with Crippen LogP contribution in [0.25, 0.3) is 0 Å². The number of hydrogen-bond donors (Lipinski definition) is 0. The molecule has 0 bridgehead atoms. The molecule has 4 heteroatoms. The first kappa shape index (κ1) is 13.5. The Hall–Kier alpha value is -0.900. The van der Waals surface area contributed by atoms with Gasteiger partial charge in [0, 0.05) is 10.8 Å². The van der Waals surface area contributed by atoms with Gasteiger partial charge in [-0.1, -0.05) is 12.8 Å². The molecule has 0 aliphatic heterocycles. The summed E-state index contributed by atoms with van der Waals surface area (Å²) < 4.78 is 25.9. The van der Waals surface area contributed by atoms with E-state index in [0.29, 0.717) is 5.25 Å². The van der Waals surface area contributed by atoms with E-state index in [4.69, 9.17) is 0 Å². The maximum atomic E-state index is 13.1. The lowest BCUT2D eigenvalue weighted by Crippen LogP contribution is -2.17. The van der Waals surface area contributed by atoms with Crippen molar-refractivity contribution in [3.8, 4) is 0 Å². The number of hydrogen-bond acceptors (Lipinski definition) is 2. The molecule has 1 unspecified atom stereocenters. The zero-order valence-corrected chi connectivity index (χ0v) is 11.1. The van der Waals surface area contributed by atoms with E-state index in [-0.39, 0.29) is 16.6 Å². The molecule has 1 nitrogen and oxygen atoms in total. The van der Waals surface area contributed by atoms with Gasteiger partial charge in [-0.2, -0.15) is 0 Å². The molecule has 0 heterocycles. The molecule has 98 valence electrons. The fraction of sp³-hybridized carbons (Fsp3) is 0.500. The minimum atomic E-state index is -0.959. The summed E-state index contributed by atoms with van der Waals surface area (Å²) in [7, 11) is 0. The first-order valence-corrected chi connectivity index (χ1v) is 7.17. The van der Waals surface area contributed by atoms with Crippen molar-refractivity contribution in [2.45, 2.75) is 43.1 Å². The monoisotopic (exact) mass is 270 g/mol.